The SMILES string of the molecule is CC(=O)c1ccc(I)c(C#N)c1O. The van der Waals surface area contributed by atoms with Gasteiger partial charge in [0.1, 0.15) is 17.4 Å². The van der Waals surface area contributed by atoms with E-state index >= 15 is 0 Å². The fourth-order valence-electron chi connectivity index (χ4n) is 0.957. The maximum Gasteiger partial charge on any atom is 0.163 e. The molecule has 1 rings (SSSR count). The third kappa shape index (κ3) is 1.80. The molecule has 0 saturated carbocycles. The molecule has 0 amide bonds. The Kier molecular flexibility index (Phi) is 2.88. The van der Waals surface area contributed by atoms with Crippen molar-refractivity contribution in [3.63, 3.8) is 0 Å². The van der Waals surface area contributed by atoms with Crippen LogP contribution in [0.5, 0.6) is 5.75 Å². The number of halogens is 1. The van der Waals surface area contributed by atoms with Gasteiger partial charge in [0.15, 0.2) is 5.78 Å². The second-order valence-corrected chi connectivity index (χ2v) is 3.65. The molecule has 0 atom stereocenters. The Morgan fingerprint density at radius 1 is 1.62 bits per heavy atom. The number of aromatic hydroxyl groups is 1. The second-order valence-electron chi connectivity index (χ2n) is 2.49. The molecule has 0 bridgehead atoms. The van der Waals surface area contributed by atoms with E-state index in [0.29, 0.717) is 3.57 Å². The highest BCUT2D eigenvalue weighted by molar-refractivity contribution is 14.1. The first kappa shape index (κ1) is 9.99. The number of hydrogen-bond donors (Lipinski definition) is 1. The third-order valence-corrected chi connectivity index (χ3v) is 2.52. The first-order valence-corrected chi connectivity index (χ1v) is 4.58. The molecule has 0 aromatic heterocycles. The fourth-order valence-corrected chi connectivity index (χ4v) is 1.51. The van der Waals surface area contributed by atoms with Gasteiger partial charge in [0.25, 0.3) is 0 Å². The van der Waals surface area contributed by atoms with Gasteiger partial charge in [-0.2, -0.15) is 5.26 Å². The van der Waals surface area contributed by atoms with Crippen molar-refractivity contribution in [2.75, 3.05) is 0 Å². The molecule has 0 spiro atoms. The Labute approximate surface area is 89.1 Å². The molecule has 3 nitrogen and oxygen atoms in total. The smallest absolute Gasteiger partial charge is 0.163 e. The Hall–Kier alpha value is -1.09. The molecule has 0 aliphatic carbocycles. The minimum absolute atomic E-state index is 0.160. The summed E-state index contributed by atoms with van der Waals surface area (Å²) in [4.78, 5) is 11.0. The lowest BCUT2D eigenvalue weighted by Crippen LogP contribution is -1.95. The average Bonchev–Trinajstić information content (AvgIpc) is 2.04. The van der Waals surface area contributed by atoms with Crippen LogP contribution in [0.15, 0.2) is 12.1 Å². The Morgan fingerprint density at radius 2 is 2.23 bits per heavy atom. The van der Waals surface area contributed by atoms with Crippen molar-refractivity contribution in [1.29, 1.82) is 5.26 Å². The van der Waals surface area contributed by atoms with E-state index in [1.807, 2.05) is 28.7 Å². The number of carbonyl (C=O) groups is 1. The maximum absolute atomic E-state index is 11.0. The molecule has 1 N–H and O–H groups in total. The molecular weight excluding hydrogens is 281 g/mol. The molecule has 1 aromatic carbocycles. The van der Waals surface area contributed by atoms with Crippen LogP contribution in [-0.4, -0.2) is 10.9 Å². The summed E-state index contributed by atoms with van der Waals surface area (Å²) < 4.78 is 0.641. The zero-order valence-electron chi connectivity index (χ0n) is 6.84. The second kappa shape index (κ2) is 3.75. The number of Topliss-reactive ketones (excluding diaryl/α,β-unsaturated/α-hetero) is 1. The Bertz CT molecular complexity index is 407. The number of ketones is 1. The monoisotopic (exact) mass is 287 g/mol. The van der Waals surface area contributed by atoms with Crippen molar-refractivity contribution in [3.8, 4) is 11.8 Å². The van der Waals surface area contributed by atoms with Gasteiger partial charge in [-0.3, -0.25) is 4.79 Å². The van der Waals surface area contributed by atoms with Crippen LogP contribution in [0, 0.1) is 14.9 Å². The van der Waals surface area contributed by atoms with Gasteiger partial charge in [0.2, 0.25) is 0 Å². The summed E-state index contributed by atoms with van der Waals surface area (Å²) in [7, 11) is 0. The normalized spacial score (nSPS) is 9.31. The van der Waals surface area contributed by atoms with Crippen LogP contribution in [0.4, 0.5) is 0 Å². The molecule has 0 aliphatic heterocycles. The minimum Gasteiger partial charge on any atom is -0.506 e. The van der Waals surface area contributed by atoms with Gasteiger partial charge in [0, 0.05) is 3.57 Å². The summed E-state index contributed by atoms with van der Waals surface area (Å²) >= 11 is 1.93. The lowest BCUT2D eigenvalue weighted by atomic mass is 10.1. The van der Waals surface area contributed by atoms with Crippen LogP contribution in [-0.2, 0) is 0 Å². The molecule has 0 saturated heterocycles. The van der Waals surface area contributed by atoms with Crippen LogP contribution in [0.2, 0.25) is 0 Å². The topological polar surface area (TPSA) is 61.1 Å². The summed E-state index contributed by atoms with van der Waals surface area (Å²) in [5.74, 6) is -0.465. The Morgan fingerprint density at radius 3 is 2.69 bits per heavy atom. The molecular formula is C9H6INO2. The number of rotatable bonds is 1. The number of phenols is 1. The molecule has 0 fully saturated rings. The zero-order chi connectivity index (χ0) is 10.0. The minimum atomic E-state index is -0.245. The first-order chi connectivity index (χ1) is 6.07. The molecule has 1 aromatic rings. The van der Waals surface area contributed by atoms with Crippen molar-refractivity contribution >= 4 is 28.4 Å². The van der Waals surface area contributed by atoms with E-state index in [1.165, 1.54) is 13.0 Å². The highest BCUT2D eigenvalue weighted by Gasteiger charge is 2.13. The van der Waals surface area contributed by atoms with Gasteiger partial charge in [-0.1, -0.05) is 0 Å². The van der Waals surface area contributed by atoms with Crippen molar-refractivity contribution in [1.82, 2.24) is 0 Å². The van der Waals surface area contributed by atoms with Crippen LogP contribution >= 0.6 is 22.6 Å². The van der Waals surface area contributed by atoms with Crippen LogP contribution in [0.1, 0.15) is 22.8 Å². The molecule has 0 radical (unpaired) electrons. The van der Waals surface area contributed by atoms with Crippen LogP contribution in [0.3, 0.4) is 0 Å². The van der Waals surface area contributed by atoms with Crippen LogP contribution in [0.25, 0.3) is 0 Å². The fraction of sp³-hybridized carbons (Fsp3) is 0.111. The van der Waals surface area contributed by atoms with Gasteiger partial charge in [0.05, 0.1) is 5.56 Å². The largest absolute Gasteiger partial charge is 0.506 e. The number of hydrogen-bond acceptors (Lipinski definition) is 3. The Balaban J connectivity index is 3.47. The predicted octanol–water partition coefficient (Wildman–Crippen LogP) is 2.07. The van der Waals surface area contributed by atoms with Crippen molar-refractivity contribution in [2.24, 2.45) is 0 Å². The molecule has 0 heterocycles. The lowest BCUT2D eigenvalue weighted by Gasteiger charge is -2.03. The van der Waals surface area contributed by atoms with Gasteiger partial charge in [-0.05, 0) is 41.6 Å². The molecule has 13 heavy (non-hydrogen) atoms. The lowest BCUT2D eigenvalue weighted by molar-refractivity contribution is 0.101. The number of benzene rings is 1. The van der Waals surface area contributed by atoms with Gasteiger partial charge in [-0.15, -0.1) is 0 Å². The zero-order valence-corrected chi connectivity index (χ0v) is 8.99. The third-order valence-electron chi connectivity index (χ3n) is 1.62. The van der Waals surface area contributed by atoms with Crippen molar-refractivity contribution in [2.45, 2.75) is 6.92 Å². The number of carbonyl (C=O) groups excluding carboxylic acids is 1. The highest BCUT2D eigenvalue weighted by atomic mass is 127. The highest BCUT2D eigenvalue weighted by Crippen LogP contribution is 2.26. The quantitative estimate of drug-likeness (QED) is 0.635. The molecule has 66 valence electrons. The van der Waals surface area contributed by atoms with Gasteiger partial charge < -0.3 is 5.11 Å². The van der Waals surface area contributed by atoms with Crippen molar-refractivity contribution in [3.05, 3.63) is 26.8 Å². The van der Waals surface area contributed by atoms with E-state index in [-0.39, 0.29) is 22.7 Å². The van der Waals surface area contributed by atoms with E-state index < -0.39 is 0 Å². The van der Waals surface area contributed by atoms with E-state index in [2.05, 4.69) is 0 Å². The van der Waals surface area contributed by atoms with E-state index in [0.717, 1.165) is 0 Å². The van der Waals surface area contributed by atoms with Gasteiger partial charge in [-0.25, -0.2) is 0 Å². The molecule has 0 unspecified atom stereocenters. The number of phenolic OH excluding ortho intramolecular Hbond substituents is 1. The van der Waals surface area contributed by atoms with Crippen LogP contribution < -0.4 is 0 Å². The van der Waals surface area contributed by atoms with E-state index in [1.54, 1.807) is 6.07 Å². The van der Waals surface area contributed by atoms with E-state index in [9.17, 15) is 9.90 Å². The van der Waals surface area contributed by atoms with E-state index in [4.69, 9.17) is 5.26 Å². The standard InChI is InChI=1S/C9H6INO2/c1-5(12)6-2-3-8(10)7(4-11)9(6)13/h2-3,13H,1H3. The molecule has 4 heteroatoms. The number of nitrogens with zero attached hydrogens (tertiary/aromatic N) is 1. The predicted molar refractivity (Wildman–Crippen MR) is 55.5 cm³/mol. The summed E-state index contributed by atoms with van der Waals surface area (Å²) in [5, 5.41) is 18.2. The molecule has 0 aliphatic rings. The van der Waals surface area contributed by atoms with Crippen molar-refractivity contribution < 1.29 is 9.90 Å². The summed E-state index contributed by atoms with van der Waals surface area (Å²) in [6, 6.07) is 5.00. The summed E-state index contributed by atoms with van der Waals surface area (Å²) in [6.07, 6.45) is 0. The summed E-state index contributed by atoms with van der Waals surface area (Å²) in [5.41, 5.74) is 0.352. The average molecular weight is 287 g/mol. The first-order valence-electron chi connectivity index (χ1n) is 3.50. The number of nitriles is 1. The maximum atomic E-state index is 11.0. The summed E-state index contributed by atoms with van der Waals surface area (Å²) in [6.45, 7) is 1.35. The van der Waals surface area contributed by atoms with Gasteiger partial charge >= 0.3 is 0 Å².